The number of carboxylic acid groups (broad SMARTS) is 2. The number of hydrogen-bond acceptors (Lipinski definition) is 3. The minimum Gasteiger partial charge on any atom is -0.481 e. The van der Waals surface area contributed by atoms with Crippen LogP contribution in [0.5, 0.6) is 0 Å². The third kappa shape index (κ3) is 2.27. The number of carbonyl (C=O) groups excluding carboxylic acids is 1. The number of aliphatic carboxylic acids is 2. The molecule has 0 aliphatic heterocycles. The van der Waals surface area contributed by atoms with E-state index in [0.717, 1.165) is 0 Å². The van der Waals surface area contributed by atoms with E-state index in [1.165, 1.54) is 0 Å². The molecule has 0 heterocycles. The van der Waals surface area contributed by atoms with Crippen LogP contribution in [0.25, 0.3) is 0 Å². The molecule has 0 bridgehead atoms. The zero-order valence-corrected chi connectivity index (χ0v) is 6.90. The van der Waals surface area contributed by atoms with Gasteiger partial charge in [0.2, 0.25) is 0 Å². The molecule has 72 valence electrons. The maximum absolute atomic E-state index is 11.0. The summed E-state index contributed by atoms with van der Waals surface area (Å²) in [5.74, 6) is -4.07. The molecule has 1 aliphatic carbocycles. The van der Waals surface area contributed by atoms with Crippen LogP contribution in [0, 0.1) is 11.8 Å². The lowest BCUT2D eigenvalue weighted by Gasteiger charge is -2.22. The first-order valence-corrected chi connectivity index (χ1v) is 3.98. The van der Waals surface area contributed by atoms with E-state index in [1.807, 2.05) is 0 Å². The molecule has 5 nitrogen and oxygen atoms in total. The first-order valence-electron chi connectivity index (χ1n) is 3.98. The van der Waals surface area contributed by atoms with Crippen LogP contribution in [0.1, 0.15) is 19.3 Å². The van der Waals surface area contributed by atoms with Crippen LogP contribution < -0.4 is 0 Å². The molecule has 1 rings (SSSR count). The summed E-state index contributed by atoms with van der Waals surface area (Å²) in [6.45, 7) is 0. The molecule has 0 saturated heterocycles. The predicted molar refractivity (Wildman–Crippen MR) is 41.1 cm³/mol. The molecule has 0 aromatic carbocycles. The van der Waals surface area contributed by atoms with Crippen LogP contribution in [-0.4, -0.2) is 27.9 Å². The van der Waals surface area contributed by atoms with Gasteiger partial charge in [0.1, 0.15) is 5.78 Å². The Bertz CT molecular complexity index is 233. The smallest absolute Gasteiger partial charge is 0.306 e. The molecule has 0 aromatic rings. The number of Topliss-reactive ketones (excluding diaryl/α,β-unsaturated/α-hetero) is 1. The van der Waals surface area contributed by atoms with E-state index in [2.05, 4.69) is 0 Å². The van der Waals surface area contributed by atoms with E-state index in [-0.39, 0.29) is 25.0 Å². The summed E-state index contributed by atoms with van der Waals surface area (Å²) in [4.78, 5) is 32.0. The van der Waals surface area contributed by atoms with Gasteiger partial charge in [-0.2, -0.15) is 0 Å². The van der Waals surface area contributed by atoms with Crippen molar-refractivity contribution in [2.75, 3.05) is 0 Å². The summed E-state index contributed by atoms with van der Waals surface area (Å²) < 4.78 is 0. The van der Waals surface area contributed by atoms with Gasteiger partial charge in [0.15, 0.2) is 0 Å². The van der Waals surface area contributed by atoms with Crippen LogP contribution in [0.4, 0.5) is 0 Å². The fourth-order valence-electron chi connectivity index (χ4n) is 1.52. The zero-order chi connectivity index (χ0) is 10.0. The number of hydrogen-bond donors (Lipinski definition) is 2. The highest BCUT2D eigenvalue weighted by Gasteiger charge is 2.35. The molecular weight excluding hydrogens is 176 g/mol. The third-order valence-corrected chi connectivity index (χ3v) is 2.22. The SMILES string of the molecule is O=C1C[C@@H](C(=O)O)C[C@@H](C(=O)O)C1. The highest BCUT2D eigenvalue weighted by atomic mass is 16.4. The molecule has 2 atom stereocenters. The molecule has 13 heavy (non-hydrogen) atoms. The van der Waals surface area contributed by atoms with Crippen LogP contribution in [-0.2, 0) is 14.4 Å². The summed E-state index contributed by atoms with van der Waals surface area (Å²) in [6, 6.07) is 0. The number of carbonyl (C=O) groups is 3. The van der Waals surface area contributed by atoms with Gasteiger partial charge in [-0.25, -0.2) is 0 Å². The molecule has 2 N–H and O–H groups in total. The van der Waals surface area contributed by atoms with Gasteiger partial charge >= 0.3 is 11.9 Å². The minimum absolute atomic E-state index is 0.0287. The monoisotopic (exact) mass is 186 g/mol. The Morgan fingerprint density at radius 2 is 1.46 bits per heavy atom. The summed E-state index contributed by atoms with van der Waals surface area (Å²) in [5.41, 5.74) is 0. The topological polar surface area (TPSA) is 91.7 Å². The Labute approximate surface area is 74.4 Å². The maximum atomic E-state index is 11.0. The van der Waals surface area contributed by atoms with Crippen molar-refractivity contribution < 1.29 is 24.6 Å². The van der Waals surface area contributed by atoms with E-state index in [9.17, 15) is 14.4 Å². The molecular formula is C8H10O5. The average molecular weight is 186 g/mol. The van der Waals surface area contributed by atoms with E-state index in [0.29, 0.717) is 0 Å². The Kier molecular flexibility index (Phi) is 2.65. The van der Waals surface area contributed by atoms with Crippen LogP contribution in [0.3, 0.4) is 0 Å². The lowest BCUT2D eigenvalue weighted by atomic mass is 9.81. The second-order valence-electron chi connectivity index (χ2n) is 3.25. The van der Waals surface area contributed by atoms with E-state index >= 15 is 0 Å². The largest absolute Gasteiger partial charge is 0.481 e. The van der Waals surface area contributed by atoms with Gasteiger partial charge in [0.25, 0.3) is 0 Å². The van der Waals surface area contributed by atoms with E-state index in [4.69, 9.17) is 10.2 Å². The third-order valence-electron chi connectivity index (χ3n) is 2.22. The lowest BCUT2D eigenvalue weighted by Crippen LogP contribution is -2.31. The van der Waals surface area contributed by atoms with Crippen molar-refractivity contribution in [2.24, 2.45) is 11.8 Å². The second kappa shape index (κ2) is 3.55. The Morgan fingerprint density at radius 3 is 1.77 bits per heavy atom. The van der Waals surface area contributed by atoms with Gasteiger partial charge in [-0.3, -0.25) is 14.4 Å². The molecule has 0 radical (unpaired) electrons. The normalized spacial score (nSPS) is 28.5. The fraction of sp³-hybridized carbons (Fsp3) is 0.625. The fourth-order valence-corrected chi connectivity index (χ4v) is 1.52. The average Bonchev–Trinajstić information content (AvgIpc) is 2.03. The van der Waals surface area contributed by atoms with Crippen molar-refractivity contribution in [2.45, 2.75) is 19.3 Å². The van der Waals surface area contributed by atoms with Crippen molar-refractivity contribution >= 4 is 17.7 Å². The van der Waals surface area contributed by atoms with Crippen molar-refractivity contribution in [1.29, 1.82) is 0 Å². The molecule has 0 spiro atoms. The molecule has 0 unspecified atom stereocenters. The van der Waals surface area contributed by atoms with Gasteiger partial charge in [-0.15, -0.1) is 0 Å². The molecule has 1 aliphatic rings. The van der Waals surface area contributed by atoms with Crippen LogP contribution in [0.2, 0.25) is 0 Å². The van der Waals surface area contributed by atoms with Gasteiger partial charge in [0, 0.05) is 12.8 Å². The first kappa shape index (κ1) is 9.70. The Hall–Kier alpha value is -1.39. The summed E-state index contributed by atoms with van der Waals surface area (Å²) >= 11 is 0. The standard InChI is InChI=1S/C8H10O5/c9-6-2-4(7(10)11)1-5(3-6)8(12)13/h4-5H,1-3H2,(H,10,11)(H,12,13)/t4-,5+. The summed E-state index contributed by atoms with van der Waals surface area (Å²) in [5, 5.41) is 17.2. The Balaban J connectivity index is 2.68. The molecule has 0 aromatic heterocycles. The van der Waals surface area contributed by atoms with Gasteiger partial charge in [-0.05, 0) is 6.42 Å². The highest BCUT2D eigenvalue weighted by molar-refractivity contribution is 5.89. The predicted octanol–water partition coefficient (Wildman–Crippen LogP) is 0.141. The van der Waals surface area contributed by atoms with Gasteiger partial charge < -0.3 is 10.2 Å². The Morgan fingerprint density at radius 1 is 1.08 bits per heavy atom. The van der Waals surface area contributed by atoms with Crippen molar-refractivity contribution in [3.8, 4) is 0 Å². The molecule has 0 amide bonds. The van der Waals surface area contributed by atoms with Crippen molar-refractivity contribution in [3.05, 3.63) is 0 Å². The number of rotatable bonds is 2. The molecule has 1 saturated carbocycles. The zero-order valence-electron chi connectivity index (χ0n) is 6.90. The van der Waals surface area contributed by atoms with Gasteiger partial charge in [-0.1, -0.05) is 0 Å². The van der Waals surface area contributed by atoms with Gasteiger partial charge in [0.05, 0.1) is 11.8 Å². The maximum Gasteiger partial charge on any atom is 0.306 e. The van der Waals surface area contributed by atoms with Crippen LogP contribution in [0.15, 0.2) is 0 Å². The number of ketones is 1. The van der Waals surface area contributed by atoms with Crippen molar-refractivity contribution in [1.82, 2.24) is 0 Å². The van der Waals surface area contributed by atoms with E-state index < -0.39 is 23.8 Å². The quantitative estimate of drug-likeness (QED) is 0.640. The number of carboxylic acids is 2. The van der Waals surface area contributed by atoms with E-state index in [1.54, 1.807) is 0 Å². The van der Waals surface area contributed by atoms with Crippen molar-refractivity contribution in [3.63, 3.8) is 0 Å². The molecule has 5 heteroatoms. The first-order chi connectivity index (χ1) is 6.00. The highest BCUT2D eigenvalue weighted by Crippen LogP contribution is 2.26. The summed E-state index contributed by atoms with van der Waals surface area (Å²) in [6.07, 6.45) is 0.00856. The minimum atomic E-state index is -1.08. The summed E-state index contributed by atoms with van der Waals surface area (Å²) in [7, 11) is 0. The van der Waals surface area contributed by atoms with Crippen LogP contribution >= 0.6 is 0 Å². The molecule has 1 fully saturated rings. The second-order valence-corrected chi connectivity index (χ2v) is 3.25. The lowest BCUT2D eigenvalue weighted by molar-refractivity contribution is -0.151.